The third kappa shape index (κ3) is 6.14. The van der Waals surface area contributed by atoms with E-state index in [9.17, 15) is 18.4 Å². The predicted octanol–water partition coefficient (Wildman–Crippen LogP) is 1.99. The van der Waals surface area contributed by atoms with Crippen molar-refractivity contribution < 1.29 is 27.8 Å². The van der Waals surface area contributed by atoms with Gasteiger partial charge in [-0.05, 0) is 35.4 Å². The molecule has 2 aromatic carbocycles. The molecule has 0 bridgehead atoms. The van der Waals surface area contributed by atoms with E-state index >= 15 is 0 Å². The number of ether oxygens (including phenoxy) is 2. The van der Waals surface area contributed by atoms with Gasteiger partial charge in [-0.1, -0.05) is 0 Å². The van der Waals surface area contributed by atoms with Crippen LogP contribution in [0.3, 0.4) is 0 Å². The Labute approximate surface area is 179 Å². The van der Waals surface area contributed by atoms with Crippen LogP contribution < -0.4 is 20.1 Å². The normalized spacial score (nSPS) is 16.5. The van der Waals surface area contributed by atoms with Crippen molar-refractivity contribution in [2.24, 2.45) is 0 Å². The first-order valence-corrected chi connectivity index (χ1v) is 9.83. The number of methoxy groups -OCH3 is 2. The molecule has 1 unspecified atom stereocenters. The molecule has 166 valence electrons. The highest BCUT2D eigenvalue weighted by Crippen LogP contribution is 2.24. The first-order chi connectivity index (χ1) is 14.9. The smallest absolute Gasteiger partial charge is 0.237 e. The lowest BCUT2D eigenvalue weighted by atomic mass is 10.1. The molecule has 2 aromatic rings. The van der Waals surface area contributed by atoms with E-state index in [0.717, 1.165) is 23.8 Å². The lowest BCUT2D eigenvalue weighted by Crippen LogP contribution is -2.56. The van der Waals surface area contributed by atoms with Gasteiger partial charge in [0.1, 0.15) is 23.1 Å². The largest absolute Gasteiger partial charge is 0.497 e. The van der Waals surface area contributed by atoms with Crippen molar-refractivity contribution >= 4 is 11.8 Å². The van der Waals surface area contributed by atoms with E-state index in [1.165, 1.54) is 0 Å². The molecular formula is C22H25F2N3O4. The summed E-state index contributed by atoms with van der Waals surface area (Å²) in [5, 5.41) is 5.40. The van der Waals surface area contributed by atoms with Gasteiger partial charge in [-0.2, -0.15) is 0 Å². The Morgan fingerprint density at radius 2 is 1.71 bits per heavy atom. The average molecular weight is 433 g/mol. The molecule has 2 N–H and O–H groups in total. The highest BCUT2D eigenvalue weighted by atomic mass is 19.1. The SMILES string of the molecule is COc1cc(CN2CCNC(=O)C2CC(=O)NCc2cc(F)cc(F)c2)cc(OC)c1. The van der Waals surface area contributed by atoms with E-state index in [0.29, 0.717) is 36.7 Å². The zero-order valence-electron chi connectivity index (χ0n) is 17.4. The van der Waals surface area contributed by atoms with Crippen LogP contribution in [0.2, 0.25) is 0 Å². The Bertz CT molecular complexity index is 912. The fourth-order valence-corrected chi connectivity index (χ4v) is 3.53. The number of nitrogens with one attached hydrogen (secondary N) is 2. The number of hydrogen-bond donors (Lipinski definition) is 2. The number of piperazine rings is 1. The summed E-state index contributed by atoms with van der Waals surface area (Å²) in [6.45, 7) is 1.43. The Morgan fingerprint density at radius 1 is 1.06 bits per heavy atom. The summed E-state index contributed by atoms with van der Waals surface area (Å²) in [5.41, 5.74) is 1.19. The number of halogens is 2. The Balaban J connectivity index is 1.66. The molecule has 1 fully saturated rings. The standard InChI is InChI=1S/C22H25F2N3O4/c1-30-18-7-15(8-19(10-18)31-2)13-27-4-3-25-22(29)20(27)11-21(28)26-12-14-5-16(23)9-17(24)6-14/h5-10,20H,3-4,11-13H2,1-2H3,(H,25,29)(H,26,28). The lowest BCUT2D eigenvalue weighted by molar-refractivity contribution is -0.134. The van der Waals surface area contributed by atoms with Gasteiger partial charge in [0.15, 0.2) is 0 Å². The average Bonchev–Trinajstić information content (AvgIpc) is 2.73. The van der Waals surface area contributed by atoms with Crippen LogP contribution in [-0.2, 0) is 22.7 Å². The summed E-state index contributed by atoms with van der Waals surface area (Å²) < 4.78 is 37.2. The van der Waals surface area contributed by atoms with Gasteiger partial charge >= 0.3 is 0 Å². The molecule has 0 radical (unpaired) electrons. The molecule has 0 aliphatic carbocycles. The zero-order chi connectivity index (χ0) is 22.4. The third-order valence-electron chi connectivity index (χ3n) is 5.03. The Morgan fingerprint density at radius 3 is 2.32 bits per heavy atom. The molecule has 9 heteroatoms. The van der Waals surface area contributed by atoms with Gasteiger partial charge in [0.05, 0.1) is 26.7 Å². The number of amides is 2. The summed E-state index contributed by atoms with van der Waals surface area (Å²) in [5.74, 6) is -0.792. The van der Waals surface area contributed by atoms with E-state index in [2.05, 4.69) is 10.6 Å². The summed E-state index contributed by atoms with van der Waals surface area (Å²) in [7, 11) is 3.12. The van der Waals surface area contributed by atoms with Crippen LogP contribution in [-0.4, -0.2) is 50.1 Å². The van der Waals surface area contributed by atoms with Crippen LogP contribution in [0.4, 0.5) is 8.78 Å². The zero-order valence-corrected chi connectivity index (χ0v) is 17.4. The molecular weight excluding hydrogens is 408 g/mol. The lowest BCUT2D eigenvalue weighted by Gasteiger charge is -2.34. The monoisotopic (exact) mass is 433 g/mol. The van der Waals surface area contributed by atoms with Crippen molar-refractivity contribution in [2.45, 2.75) is 25.6 Å². The van der Waals surface area contributed by atoms with Gasteiger partial charge in [-0.3, -0.25) is 14.5 Å². The van der Waals surface area contributed by atoms with E-state index < -0.39 is 17.7 Å². The minimum Gasteiger partial charge on any atom is -0.497 e. The fraction of sp³-hybridized carbons (Fsp3) is 0.364. The molecule has 1 atom stereocenters. The van der Waals surface area contributed by atoms with Gasteiger partial charge in [-0.15, -0.1) is 0 Å². The minimum absolute atomic E-state index is 0.0328. The number of nitrogens with zero attached hydrogens (tertiary/aromatic N) is 1. The number of carbonyl (C=O) groups is 2. The van der Waals surface area contributed by atoms with Crippen molar-refractivity contribution in [1.82, 2.24) is 15.5 Å². The van der Waals surface area contributed by atoms with Crippen molar-refractivity contribution in [3.05, 3.63) is 59.2 Å². The summed E-state index contributed by atoms with van der Waals surface area (Å²) in [6.07, 6.45) is -0.0786. The second-order valence-corrected chi connectivity index (χ2v) is 7.26. The molecule has 3 rings (SSSR count). The maximum atomic E-state index is 13.3. The van der Waals surface area contributed by atoms with Crippen LogP contribution in [0.5, 0.6) is 11.5 Å². The van der Waals surface area contributed by atoms with Crippen molar-refractivity contribution in [2.75, 3.05) is 27.3 Å². The molecule has 0 aromatic heterocycles. The molecule has 31 heavy (non-hydrogen) atoms. The first kappa shape index (κ1) is 22.5. The van der Waals surface area contributed by atoms with Gasteiger partial charge in [-0.25, -0.2) is 8.78 Å². The summed E-state index contributed by atoms with van der Waals surface area (Å²) in [4.78, 5) is 26.8. The Hall–Kier alpha value is -3.20. The van der Waals surface area contributed by atoms with Gasteiger partial charge in [0.25, 0.3) is 0 Å². The second kappa shape index (κ2) is 10.2. The van der Waals surface area contributed by atoms with Crippen LogP contribution in [0.1, 0.15) is 17.5 Å². The quantitative estimate of drug-likeness (QED) is 0.666. The number of benzene rings is 2. The third-order valence-corrected chi connectivity index (χ3v) is 5.03. The van der Waals surface area contributed by atoms with Crippen molar-refractivity contribution in [3.63, 3.8) is 0 Å². The van der Waals surface area contributed by atoms with Crippen molar-refractivity contribution in [3.8, 4) is 11.5 Å². The summed E-state index contributed by atoms with van der Waals surface area (Å²) >= 11 is 0. The second-order valence-electron chi connectivity index (χ2n) is 7.26. The summed E-state index contributed by atoms with van der Waals surface area (Å²) in [6, 6.07) is 7.86. The highest BCUT2D eigenvalue weighted by molar-refractivity contribution is 5.88. The molecule has 2 amide bonds. The number of carbonyl (C=O) groups excluding carboxylic acids is 2. The molecule has 1 heterocycles. The molecule has 0 saturated carbocycles. The predicted molar refractivity (Wildman–Crippen MR) is 110 cm³/mol. The maximum Gasteiger partial charge on any atom is 0.237 e. The first-order valence-electron chi connectivity index (χ1n) is 9.83. The topological polar surface area (TPSA) is 79.9 Å². The van der Waals surface area contributed by atoms with E-state index in [-0.39, 0.29) is 24.8 Å². The van der Waals surface area contributed by atoms with E-state index in [4.69, 9.17) is 9.47 Å². The molecule has 1 aliphatic heterocycles. The van der Waals surface area contributed by atoms with E-state index in [1.54, 1.807) is 20.3 Å². The Kier molecular flexibility index (Phi) is 7.41. The van der Waals surface area contributed by atoms with Crippen LogP contribution >= 0.6 is 0 Å². The minimum atomic E-state index is -0.712. The van der Waals surface area contributed by atoms with Gasteiger partial charge < -0.3 is 20.1 Å². The van der Waals surface area contributed by atoms with Crippen LogP contribution in [0, 0.1) is 11.6 Å². The molecule has 0 spiro atoms. The number of rotatable bonds is 8. The van der Waals surface area contributed by atoms with E-state index in [1.807, 2.05) is 17.0 Å². The number of hydrogen-bond acceptors (Lipinski definition) is 5. The maximum absolute atomic E-state index is 13.3. The van der Waals surface area contributed by atoms with Gasteiger partial charge in [0.2, 0.25) is 11.8 Å². The molecule has 1 saturated heterocycles. The van der Waals surface area contributed by atoms with Crippen LogP contribution in [0.25, 0.3) is 0 Å². The van der Waals surface area contributed by atoms with Gasteiger partial charge in [0, 0.05) is 38.3 Å². The fourth-order valence-electron chi connectivity index (χ4n) is 3.53. The molecule has 7 nitrogen and oxygen atoms in total. The highest BCUT2D eigenvalue weighted by Gasteiger charge is 2.31. The van der Waals surface area contributed by atoms with Crippen molar-refractivity contribution in [1.29, 1.82) is 0 Å². The van der Waals surface area contributed by atoms with Crippen LogP contribution in [0.15, 0.2) is 36.4 Å². The molecule has 1 aliphatic rings.